The molecule has 14 heavy (non-hydrogen) atoms. The van der Waals surface area contributed by atoms with Crippen molar-refractivity contribution in [3.8, 4) is 0 Å². The predicted octanol–water partition coefficient (Wildman–Crippen LogP) is 2.36. The zero-order valence-electron chi connectivity index (χ0n) is 8.45. The number of fused-ring (bicyclic) bond motifs is 1. The molecule has 4 heteroatoms. The minimum Gasteiger partial charge on any atom is -0.260 e. The van der Waals surface area contributed by atoms with Gasteiger partial charge >= 0.3 is 0 Å². The number of allylic oxidation sites excluding steroid dienone is 1. The number of hydrogen-bond acceptors (Lipinski definition) is 3. The predicted molar refractivity (Wildman–Crippen MR) is 58.8 cm³/mol. The van der Waals surface area contributed by atoms with Gasteiger partial charge in [-0.05, 0) is 25.0 Å². The van der Waals surface area contributed by atoms with Crippen LogP contribution in [0.2, 0.25) is 0 Å². The molecule has 2 aliphatic rings. The van der Waals surface area contributed by atoms with Gasteiger partial charge in [-0.1, -0.05) is 24.8 Å². The van der Waals surface area contributed by atoms with Crippen LogP contribution in [0.3, 0.4) is 0 Å². The SMILES string of the molecule is CCSC(=O)N1NCC2CCCC=C21. The van der Waals surface area contributed by atoms with Crippen molar-refractivity contribution < 1.29 is 4.79 Å². The highest BCUT2D eigenvalue weighted by molar-refractivity contribution is 8.13. The maximum absolute atomic E-state index is 11.7. The molecular formula is C10H16N2OS. The first-order valence-corrected chi connectivity index (χ1v) is 6.22. The van der Waals surface area contributed by atoms with Crippen LogP contribution in [0.1, 0.15) is 26.2 Å². The van der Waals surface area contributed by atoms with Gasteiger partial charge in [0.2, 0.25) is 0 Å². The van der Waals surface area contributed by atoms with Gasteiger partial charge in [-0.2, -0.15) is 0 Å². The third-order valence-corrected chi connectivity index (χ3v) is 3.45. The quantitative estimate of drug-likeness (QED) is 0.724. The molecule has 0 aromatic carbocycles. The lowest BCUT2D eigenvalue weighted by molar-refractivity contribution is 0.226. The Morgan fingerprint density at radius 2 is 2.64 bits per heavy atom. The van der Waals surface area contributed by atoms with Crippen molar-refractivity contribution in [1.29, 1.82) is 0 Å². The van der Waals surface area contributed by atoms with Gasteiger partial charge in [0.25, 0.3) is 5.24 Å². The molecule has 0 bridgehead atoms. The van der Waals surface area contributed by atoms with E-state index >= 15 is 0 Å². The average Bonchev–Trinajstić information content (AvgIpc) is 2.61. The van der Waals surface area contributed by atoms with Gasteiger partial charge in [0.05, 0.1) is 0 Å². The molecule has 1 aliphatic carbocycles. The molecule has 0 saturated carbocycles. The lowest BCUT2D eigenvalue weighted by atomic mass is 9.94. The van der Waals surface area contributed by atoms with E-state index in [0.29, 0.717) is 5.92 Å². The Bertz CT molecular complexity index is 265. The van der Waals surface area contributed by atoms with Crippen molar-refractivity contribution >= 4 is 17.0 Å². The zero-order valence-corrected chi connectivity index (χ0v) is 9.27. The molecule has 0 radical (unpaired) electrons. The van der Waals surface area contributed by atoms with Gasteiger partial charge in [0.15, 0.2) is 0 Å². The van der Waals surface area contributed by atoms with Gasteiger partial charge in [-0.25, -0.2) is 10.4 Å². The molecule has 0 spiro atoms. The summed E-state index contributed by atoms with van der Waals surface area (Å²) in [4.78, 5) is 11.7. The average molecular weight is 212 g/mol. The Balaban J connectivity index is 2.06. The number of carbonyl (C=O) groups is 1. The number of nitrogens with zero attached hydrogens (tertiary/aromatic N) is 1. The van der Waals surface area contributed by atoms with Gasteiger partial charge < -0.3 is 0 Å². The molecule has 1 heterocycles. The largest absolute Gasteiger partial charge is 0.300 e. The number of rotatable bonds is 1. The molecular weight excluding hydrogens is 196 g/mol. The lowest BCUT2D eigenvalue weighted by Gasteiger charge is -2.21. The minimum atomic E-state index is 0.142. The highest BCUT2D eigenvalue weighted by Gasteiger charge is 2.32. The molecule has 1 aliphatic heterocycles. The summed E-state index contributed by atoms with van der Waals surface area (Å²) in [7, 11) is 0. The summed E-state index contributed by atoms with van der Waals surface area (Å²) in [5.74, 6) is 1.42. The van der Waals surface area contributed by atoms with E-state index in [9.17, 15) is 4.79 Å². The highest BCUT2D eigenvalue weighted by atomic mass is 32.2. The highest BCUT2D eigenvalue weighted by Crippen LogP contribution is 2.31. The van der Waals surface area contributed by atoms with Crippen LogP contribution >= 0.6 is 11.8 Å². The third-order valence-electron chi connectivity index (χ3n) is 2.73. The smallest absolute Gasteiger partial charge is 0.260 e. The molecule has 2 rings (SSSR count). The number of nitrogens with one attached hydrogen (secondary N) is 1. The second-order valence-corrected chi connectivity index (χ2v) is 4.87. The summed E-state index contributed by atoms with van der Waals surface area (Å²) < 4.78 is 0. The summed E-state index contributed by atoms with van der Waals surface area (Å²) in [6, 6.07) is 0. The van der Waals surface area contributed by atoms with Crippen molar-refractivity contribution in [3.05, 3.63) is 11.8 Å². The van der Waals surface area contributed by atoms with Crippen LogP contribution in [0, 0.1) is 5.92 Å². The van der Waals surface area contributed by atoms with E-state index in [-0.39, 0.29) is 5.24 Å². The second-order valence-electron chi connectivity index (χ2n) is 3.65. The molecule has 1 amide bonds. The fraction of sp³-hybridized carbons (Fsp3) is 0.700. The first-order chi connectivity index (χ1) is 6.83. The number of carbonyl (C=O) groups excluding carboxylic acids is 1. The summed E-state index contributed by atoms with van der Waals surface area (Å²) in [6.07, 6.45) is 5.81. The molecule has 0 aromatic rings. The van der Waals surface area contributed by atoms with Crippen LogP contribution in [0.15, 0.2) is 11.8 Å². The molecule has 1 atom stereocenters. The van der Waals surface area contributed by atoms with Crippen molar-refractivity contribution in [2.24, 2.45) is 5.92 Å². The van der Waals surface area contributed by atoms with E-state index in [0.717, 1.165) is 18.7 Å². The fourth-order valence-electron chi connectivity index (χ4n) is 2.06. The van der Waals surface area contributed by atoms with Gasteiger partial charge in [0.1, 0.15) is 0 Å². The molecule has 3 nitrogen and oxygen atoms in total. The number of amides is 1. The van der Waals surface area contributed by atoms with E-state index < -0.39 is 0 Å². The van der Waals surface area contributed by atoms with Crippen LogP contribution in [-0.4, -0.2) is 22.5 Å². The Labute approximate surface area is 88.9 Å². The van der Waals surface area contributed by atoms with Gasteiger partial charge in [0, 0.05) is 18.2 Å². The molecule has 78 valence electrons. The van der Waals surface area contributed by atoms with Crippen LogP contribution in [0.4, 0.5) is 4.79 Å². The maximum atomic E-state index is 11.7. The molecule has 1 unspecified atom stereocenters. The Morgan fingerprint density at radius 1 is 1.79 bits per heavy atom. The standard InChI is InChI=1S/C10H16N2OS/c1-2-14-10(13)12-9-6-4-3-5-8(9)7-11-12/h6,8,11H,2-5,7H2,1H3. The van der Waals surface area contributed by atoms with E-state index in [2.05, 4.69) is 11.5 Å². The molecule has 1 fully saturated rings. The van der Waals surface area contributed by atoms with Crippen molar-refractivity contribution in [2.75, 3.05) is 12.3 Å². The topological polar surface area (TPSA) is 32.3 Å². The Hall–Kier alpha value is -0.480. The van der Waals surface area contributed by atoms with E-state index in [4.69, 9.17) is 0 Å². The van der Waals surface area contributed by atoms with E-state index in [1.165, 1.54) is 30.3 Å². The monoisotopic (exact) mass is 212 g/mol. The minimum absolute atomic E-state index is 0.142. The number of thioether (sulfide) groups is 1. The number of hydrazine groups is 1. The van der Waals surface area contributed by atoms with E-state index in [1.807, 2.05) is 6.92 Å². The maximum Gasteiger partial charge on any atom is 0.300 e. The van der Waals surface area contributed by atoms with Crippen LogP contribution in [0.5, 0.6) is 0 Å². The van der Waals surface area contributed by atoms with Crippen LogP contribution in [0.25, 0.3) is 0 Å². The normalized spacial score (nSPS) is 25.9. The van der Waals surface area contributed by atoms with Crippen LogP contribution < -0.4 is 5.43 Å². The van der Waals surface area contributed by atoms with Crippen molar-refractivity contribution in [1.82, 2.24) is 10.4 Å². The summed E-state index contributed by atoms with van der Waals surface area (Å²) in [5, 5.41) is 1.89. The molecule has 0 aromatic heterocycles. The van der Waals surface area contributed by atoms with Gasteiger partial charge in [-0.3, -0.25) is 4.79 Å². The Kier molecular flexibility index (Phi) is 3.13. The number of hydrogen-bond donors (Lipinski definition) is 1. The van der Waals surface area contributed by atoms with Crippen molar-refractivity contribution in [2.45, 2.75) is 26.2 Å². The molecule has 1 N–H and O–H groups in total. The summed E-state index contributed by atoms with van der Waals surface area (Å²) >= 11 is 1.37. The zero-order chi connectivity index (χ0) is 9.97. The second kappa shape index (κ2) is 4.36. The molecule has 1 saturated heterocycles. The van der Waals surface area contributed by atoms with Gasteiger partial charge in [-0.15, -0.1) is 0 Å². The lowest BCUT2D eigenvalue weighted by Crippen LogP contribution is -2.33. The fourth-order valence-corrected chi connectivity index (χ4v) is 2.61. The summed E-state index contributed by atoms with van der Waals surface area (Å²) in [5.41, 5.74) is 4.39. The first kappa shape index (κ1) is 10.1. The third kappa shape index (κ3) is 1.81. The Morgan fingerprint density at radius 3 is 3.43 bits per heavy atom. The van der Waals surface area contributed by atoms with Crippen LogP contribution in [-0.2, 0) is 0 Å². The first-order valence-electron chi connectivity index (χ1n) is 5.23. The van der Waals surface area contributed by atoms with E-state index in [1.54, 1.807) is 5.01 Å². The summed E-state index contributed by atoms with van der Waals surface area (Å²) in [6.45, 7) is 2.94. The van der Waals surface area contributed by atoms with Crippen molar-refractivity contribution in [3.63, 3.8) is 0 Å².